The van der Waals surface area contributed by atoms with E-state index in [9.17, 15) is 4.79 Å². The summed E-state index contributed by atoms with van der Waals surface area (Å²) in [5.41, 5.74) is 3.51. The van der Waals surface area contributed by atoms with Crippen molar-refractivity contribution in [3.63, 3.8) is 0 Å². The van der Waals surface area contributed by atoms with Gasteiger partial charge in [-0.15, -0.1) is 0 Å². The van der Waals surface area contributed by atoms with Gasteiger partial charge in [0.25, 0.3) is 0 Å². The third-order valence-corrected chi connectivity index (χ3v) is 4.71. The van der Waals surface area contributed by atoms with Crippen LogP contribution in [0.25, 0.3) is 0 Å². The smallest absolute Gasteiger partial charge is 0.317 e. The summed E-state index contributed by atoms with van der Waals surface area (Å²) in [5.74, 6) is 0.586. The number of urea groups is 1. The molecule has 1 aliphatic rings. The maximum Gasteiger partial charge on any atom is 0.317 e. The molecule has 2 amide bonds. The lowest BCUT2D eigenvalue weighted by Gasteiger charge is -2.34. The largest absolute Gasteiger partial charge is 0.478 e. The Bertz CT molecular complexity index is 757. The predicted octanol–water partition coefficient (Wildman–Crippen LogP) is 2.82. The minimum Gasteiger partial charge on any atom is -0.478 e. The monoisotopic (exact) mass is 368 g/mol. The van der Waals surface area contributed by atoms with Crippen molar-refractivity contribution in [3.05, 3.63) is 59.3 Å². The lowest BCUT2D eigenvalue weighted by Crippen LogP contribution is -2.51. The van der Waals surface area contributed by atoms with Crippen LogP contribution in [-0.2, 0) is 13.1 Å². The highest BCUT2D eigenvalue weighted by Gasteiger charge is 2.21. The van der Waals surface area contributed by atoms with Crippen LogP contribution < -0.4 is 10.1 Å². The first-order chi connectivity index (χ1) is 13.2. The number of carbonyl (C=O) groups is 1. The van der Waals surface area contributed by atoms with Crippen LogP contribution in [0.5, 0.6) is 5.88 Å². The van der Waals surface area contributed by atoms with Crippen LogP contribution in [0.4, 0.5) is 4.79 Å². The Kier molecular flexibility index (Phi) is 6.65. The van der Waals surface area contributed by atoms with Gasteiger partial charge in [-0.25, -0.2) is 9.78 Å². The van der Waals surface area contributed by atoms with E-state index < -0.39 is 0 Å². The molecule has 2 aromatic rings. The summed E-state index contributed by atoms with van der Waals surface area (Å²) in [5, 5.41) is 2.99. The number of carbonyl (C=O) groups excluding carboxylic acids is 1. The van der Waals surface area contributed by atoms with Crippen LogP contribution in [-0.4, -0.2) is 53.6 Å². The van der Waals surface area contributed by atoms with Gasteiger partial charge in [-0.05, 0) is 25.5 Å². The summed E-state index contributed by atoms with van der Waals surface area (Å²) < 4.78 is 5.51. The van der Waals surface area contributed by atoms with Gasteiger partial charge in [0, 0.05) is 51.0 Å². The fourth-order valence-electron chi connectivity index (χ4n) is 3.29. The molecule has 3 rings (SSSR count). The molecule has 2 heterocycles. The van der Waals surface area contributed by atoms with Crippen LogP contribution in [0, 0.1) is 6.92 Å². The normalized spacial score (nSPS) is 14.8. The van der Waals surface area contributed by atoms with E-state index >= 15 is 0 Å². The van der Waals surface area contributed by atoms with E-state index in [-0.39, 0.29) is 6.03 Å². The lowest BCUT2D eigenvalue weighted by atomic mass is 10.1. The topological polar surface area (TPSA) is 57.7 Å². The quantitative estimate of drug-likeness (QED) is 0.852. The highest BCUT2D eigenvalue weighted by molar-refractivity contribution is 5.74. The van der Waals surface area contributed by atoms with Gasteiger partial charge in [0.05, 0.1) is 6.61 Å². The van der Waals surface area contributed by atoms with Crippen molar-refractivity contribution in [2.75, 3.05) is 32.8 Å². The van der Waals surface area contributed by atoms with Crippen molar-refractivity contribution in [2.45, 2.75) is 26.9 Å². The van der Waals surface area contributed by atoms with Crippen molar-refractivity contribution in [3.8, 4) is 5.88 Å². The second kappa shape index (κ2) is 9.37. The molecule has 0 aliphatic carbocycles. The molecule has 0 bridgehead atoms. The number of benzene rings is 1. The number of amides is 2. The Labute approximate surface area is 161 Å². The summed E-state index contributed by atoms with van der Waals surface area (Å²) in [6.45, 7) is 9.21. The molecule has 0 unspecified atom stereocenters. The minimum atomic E-state index is -0.0310. The van der Waals surface area contributed by atoms with Crippen LogP contribution in [0.3, 0.4) is 0 Å². The highest BCUT2D eigenvalue weighted by Crippen LogP contribution is 2.14. The zero-order chi connectivity index (χ0) is 19.1. The first-order valence-electron chi connectivity index (χ1n) is 9.53. The van der Waals surface area contributed by atoms with E-state index in [2.05, 4.69) is 46.4 Å². The maximum atomic E-state index is 12.5. The summed E-state index contributed by atoms with van der Waals surface area (Å²) in [7, 11) is 0. The summed E-state index contributed by atoms with van der Waals surface area (Å²) >= 11 is 0. The van der Waals surface area contributed by atoms with E-state index in [1.807, 2.05) is 24.0 Å². The van der Waals surface area contributed by atoms with Crippen molar-refractivity contribution in [2.24, 2.45) is 0 Å². The first-order valence-corrected chi connectivity index (χ1v) is 9.53. The second-order valence-electron chi connectivity index (χ2n) is 6.81. The lowest BCUT2D eigenvalue weighted by molar-refractivity contribution is 0.135. The molecular weight excluding hydrogens is 340 g/mol. The Morgan fingerprint density at radius 2 is 2.00 bits per heavy atom. The van der Waals surface area contributed by atoms with Crippen molar-refractivity contribution < 1.29 is 9.53 Å². The average Bonchev–Trinajstić information content (AvgIpc) is 2.68. The molecule has 0 radical (unpaired) electrons. The van der Waals surface area contributed by atoms with Crippen LogP contribution in [0.1, 0.15) is 23.6 Å². The van der Waals surface area contributed by atoms with Crippen LogP contribution in [0.15, 0.2) is 42.6 Å². The molecular formula is C21H28N4O2. The number of rotatable bonds is 6. The highest BCUT2D eigenvalue weighted by atomic mass is 16.5. The van der Waals surface area contributed by atoms with Crippen molar-refractivity contribution >= 4 is 6.03 Å². The molecule has 1 aromatic carbocycles. The molecule has 1 saturated heterocycles. The van der Waals surface area contributed by atoms with Crippen LogP contribution >= 0.6 is 0 Å². The average molecular weight is 368 g/mol. The van der Waals surface area contributed by atoms with Gasteiger partial charge in [0.15, 0.2) is 0 Å². The Hall–Kier alpha value is -2.60. The van der Waals surface area contributed by atoms with Gasteiger partial charge in [-0.2, -0.15) is 0 Å². The van der Waals surface area contributed by atoms with Gasteiger partial charge in [-0.3, -0.25) is 4.90 Å². The summed E-state index contributed by atoms with van der Waals surface area (Å²) in [6, 6.07) is 12.4. The molecule has 1 N–H and O–H groups in total. The molecule has 27 heavy (non-hydrogen) atoms. The Balaban J connectivity index is 1.46. The zero-order valence-corrected chi connectivity index (χ0v) is 16.1. The second-order valence-corrected chi connectivity index (χ2v) is 6.81. The van der Waals surface area contributed by atoms with Crippen molar-refractivity contribution in [1.29, 1.82) is 0 Å². The molecule has 144 valence electrons. The number of piperazine rings is 1. The number of ether oxygens (including phenoxy) is 1. The Morgan fingerprint density at radius 1 is 1.19 bits per heavy atom. The molecule has 0 atom stereocenters. The molecule has 1 fully saturated rings. The van der Waals surface area contributed by atoms with Crippen molar-refractivity contribution in [1.82, 2.24) is 20.1 Å². The van der Waals surface area contributed by atoms with Gasteiger partial charge in [0.2, 0.25) is 5.88 Å². The van der Waals surface area contributed by atoms with E-state index in [0.717, 1.165) is 38.3 Å². The number of aryl methyl sites for hydroxylation is 1. The molecule has 1 aliphatic heterocycles. The van der Waals surface area contributed by atoms with Gasteiger partial charge >= 0.3 is 6.03 Å². The summed E-state index contributed by atoms with van der Waals surface area (Å²) in [6.07, 6.45) is 1.70. The maximum absolute atomic E-state index is 12.5. The van der Waals surface area contributed by atoms with Gasteiger partial charge in [0.1, 0.15) is 0 Å². The number of hydrogen-bond donors (Lipinski definition) is 1. The molecule has 0 spiro atoms. The van der Waals surface area contributed by atoms with E-state index in [1.165, 1.54) is 11.1 Å². The van der Waals surface area contributed by atoms with E-state index in [0.29, 0.717) is 19.0 Å². The number of pyridine rings is 1. The number of hydrogen-bond acceptors (Lipinski definition) is 4. The fraction of sp³-hybridized carbons (Fsp3) is 0.429. The number of aromatic nitrogens is 1. The molecule has 6 heteroatoms. The van der Waals surface area contributed by atoms with Gasteiger partial charge in [-0.1, -0.05) is 35.9 Å². The summed E-state index contributed by atoms with van der Waals surface area (Å²) in [4.78, 5) is 21.0. The minimum absolute atomic E-state index is 0.0310. The number of nitrogens with zero attached hydrogens (tertiary/aromatic N) is 3. The van der Waals surface area contributed by atoms with E-state index in [4.69, 9.17) is 4.74 Å². The molecule has 6 nitrogen and oxygen atoms in total. The zero-order valence-electron chi connectivity index (χ0n) is 16.1. The SMILES string of the molecule is CCOc1ncccc1CNC(=O)N1CCN(Cc2cccc(C)c2)CC1. The third-order valence-electron chi connectivity index (χ3n) is 4.71. The molecule has 1 aromatic heterocycles. The first kappa shape index (κ1) is 19.2. The predicted molar refractivity (Wildman–Crippen MR) is 106 cm³/mol. The standard InChI is InChI=1S/C21H28N4O2/c1-3-27-20-19(8-5-9-22-20)15-23-21(26)25-12-10-24(11-13-25)16-18-7-4-6-17(2)14-18/h4-9,14H,3,10-13,15-16H2,1-2H3,(H,23,26). The molecule has 0 saturated carbocycles. The van der Waals surface area contributed by atoms with E-state index in [1.54, 1.807) is 6.20 Å². The Morgan fingerprint density at radius 3 is 2.74 bits per heavy atom. The van der Waals surface area contributed by atoms with Crippen LogP contribution in [0.2, 0.25) is 0 Å². The number of nitrogens with one attached hydrogen (secondary N) is 1. The fourth-order valence-corrected chi connectivity index (χ4v) is 3.29. The third kappa shape index (κ3) is 5.44. The van der Waals surface area contributed by atoms with Gasteiger partial charge < -0.3 is 15.0 Å².